The third kappa shape index (κ3) is 5.24. The number of rotatable bonds is 4. The summed E-state index contributed by atoms with van der Waals surface area (Å²) in [5, 5.41) is 18.3. The second-order valence-electron chi connectivity index (χ2n) is 6.25. The Labute approximate surface area is 123 Å². The lowest BCUT2D eigenvalue weighted by atomic mass is 9.93. The van der Waals surface area contributed by atoms with Crippen molar-refractivity contribution in [2.24, 2.45) is 0 Å². The van der Waals surface area contributed by atoms with Gasteiger partial charge in [0.25, 0.3) is 0 Å². The average molecular weight is 301 g/mol. The minimum atomic E-state index is -1.25. The number of nitrogens with zero attached hydrogens (tertiary/aromatic N) is 1. The van der Waals surface area contributed by atoms with E-state index in [0.717, 1.165) is 4.90 Å². The van der Waals surface area contributed by atoms with E-state index in [9.17, 15) is 19.5 Å². The number of likely N-dealkylation sites (tertiary alicyclic amines) is 1. The van der Waals surface area contributed by atoms with Crippen LogP contribution in [0.25, 0.3) is 0 Å². The van der Waals surface area contributed by atoms with Crippen molar-refractivity contribution in [3.63, 3.8) is 0 Å². The third-order valence-electron chi connectivity index (χ3n) is 3.35. The topological polar surface area (TPSA) is 104 Å². The summed E-state index contributed by atoms with van der Waals surface area (Å²) in [7, 11) is 0. The Hall–Kier alpha value is -1.79. The highest BCUT2D eigenvalue weighted by Gasteiger charge is 2.38. The summed E-state index contributed by atoms with van der Waals surface area (Å²) in [6.07, 6.45) is 0.628. The molecule has 0 aromatic heterocycles. The number of esters is 1. The molecule has 0 aromatic carbocycles. The van der Waals surface area contributed by atoms with Crippen molar-refractivity contribution in [3.05, 3.63) is 0 Å². The normalized spacial score (nSPS) is 22.7. The third-order valence-corrected chi connectivity index (χ3v) is 3.35. The molecule has 0 aliphatic carbocycles. The number of carboxylic acids is 1. The first-order valence-electron chi connectivity index (χ1n) is 7.07. The molecule has 1 heterocycles. The zero-order valence-corrected chi connectivity index (χ0v) is 12.7. The predicted octanol–water partition coefficient (Wildman–Crippen LogP) is 2.09. The molecule has 21 heavy (non-hydrogen) atoms. The minimum Gasteiger partial charge on any atom is -0.480 e. The van der Waals surface area contributed by atoms with Gasteiger partial charge in [-0.2, -0.15) is 0 Å². The number of hydrogen-bond donors (Lipinski definition) is 2. The molecule has 120 valence electrons. The molecule has 0 bridgehead atoms. The van der Waals surface area contributed by atoms with E-state index in [4.69, 9.17) is 9.84 Å². The Kier molecular flexibility index (Phi) is 5.57. The summed E-state index contributed by atoms with van der Waals surface area (Å²) in [6.45, 7) is 5.28. The van der Waals surface area contributed by atoms with E-state index in [1.165, 1.54) is 0 Å². The monoisotopic (exact) mass is 301 g/mol. The lowest BCUT2D eigenvalue weighted by Crippen LogP contribution is -2.53. The number of carbonyl (C=O) groups is 3. The summed E-state index contributed by atoms with van der Waals surface area (Å²) < 4.78 is 5.18. The zero-order chi connectivity index (χ0) is 16.2. The Morgan fingerprint density at radius 1 is 1.19 bits per heavy atom. The molecule has 0 saturated carbocycles. The molecule has 1 amide bonds. The van der Waals surface area contributed by atoms with Gasteiger partial charge in [0.2, 0.25) is 0 Å². The van der Waals surface area contributed by atoms with Crippen LogP contribution in [0.15, 0.2) is 0 Å². The van der Waals surface area contributed by atoms with Gasteiger partial charge in [0, 0.05) is 12.5 Å². The fourth-order valence-electron chi connectivity index (χ4n) is 2.57. The van der Waals surface area contributed by atoms with Crippen molar-refractivity contribution in [3.8, 4) is 0 Å². The highest BCUT2D eigenvalue weighted by Crippen LogP contribution is 2.26. The predicted molar refractivity (Wildman–Crippen MR) is 74.0 cm³/mol. The van der Waals surface area contributed by atoms with Crippen LogP contribution < -0.4 is 0 Å². The van der Waals surface area contributed by atoms with Crippen molar-refractivity contribution in [2.75, 3.05) is 0 Å². The smallest absolute Gasteiger partial charge is 0.408 e. The average Bonchev–Trinajstić information content (AvgIpc) is 2.33. The Balaban J connectivity index is 2.65. The minimum absolute atomic E-state index is 0.0814. The first kappa shape index (κ1) is 17.3. The second kappa shape index (κ2) is 6.78. The van der Waals surface area contributed by atoms with Crippen LogP contribution in [0.3, 0.4) is 0 Å². The van der Waals surface area contributed by atoms with Crippen LogP contribution in [-0.4, -0.2) is 50.8 Å². The highest BCUT2D eigenvalue weighted by atomic mass is 16.6. The second-order valence-corrected chi connectivity index (χ2v) is 6.25. The summed E-state index contributed by atoms with van der Waals surface area (Å²) in [6, 6.07) is -1.48. The van der Waals surface area contributed by atoms with Crippen molar-refractivity contribution >= 4 is 18.0 Å². The zero-order valence-electron chi connectivity index (χ0n) is 12.7. The molecule has 0 aromatic rings. The van der Waals surface area contributed by atoms with E-state index in [2.05, 4.69) is 0 Å². The van der Waals surface area contributed by atoms with E-state index < -0.39 is 35.7 Å². The van der Waals surface area contributed by atoms with Crippen LogP contribution in [0.2, 0.25) is 0 Å². The fourth-order valence-corrected chi connectivity index (χ4v) is 2.57. The van der Waals surface area contributed by atoms with Gasteiger partial charge in [0.15, 0.2) is 0 Å². The van der Waals surface area contributed by atoms with Gasteiger partial charge in [0.05, 0.1) is 0 Å². The van der Waals surface area contributed by atoms with Crippen LogP contribution >= 0.6 is 0 Å². The number of ether oxygens (including phenoxy) is 1. The van der Waals surface area contributed by atoms with Crippen LogP contribution in [0, 0.1) is 0 Å². The first-order chi connectivity index (χ1) is 9.61. The van der Waals surface area contributed by atoms with Crippen molar-refractivity contribution in [1.82, 2.24) is 4.90 Å². The summed E-state index contributed by atoms with van der Waals surface area (Å²) in [5.74, 6) is -1.54. The van der Waals surface area contributed by atoms with Crippen LogP contribution in [-0.2, 0) is 14.3 Å². The molecule has 7 nitrogen and oxygen atoms in total. The summed E-state index contributed by atoms with van der Waals surface area (Å²) in [4.78, 5) is 35.1. The Morgan fingerprint density at radius 2 is 1.81 bits per heavy atom. The van der Waals surface area contributed by atoms with E-state index in [1.54, 1.807) is 20.8 Å². The molecule has 0 radical (unpaired) electrons. The molecule has 0 spiro atoms. The lowest BCUT2D eigenvalue weighted by molar-refractivity contribution is -0.155. The summed E-state index contributed by atoms with van der Waals surface area (Å²) in [5.41, 5.74) is -0.584. The number of aliphatic carboxylic acids is 1. The molecule has 1 aliphatic rings. The largest absolute Gasteiger partial charge is 0.480 e. The number of hydrogen-bond acceptors (Lipinski definition) is 4. The van der Waals surface area contributed by atoms with Crippen LogP contribution in [0.4, 0.5) is 4.79 Å². The molecule has 1 fully saturated rings. The summed E-state index contributed by atoms with van der Waals surface area (Å²) >= 11 is 0. The van der Waals surface area contributed by atoms with Crippen molar-refractivity contribution < 1.29 is 29.3 Å². The fraction of sp³-hybridized carbons (Fsp3) is 0.786. The number of amides is 1. The van der Waals surface area contributed by atoms with E-state index >= 15 is 0 Å². The number of carbonyl (C=O) groups excluding carboxylic acids is 1. The van der Waals surface area contributed by atoms with Crippen LogP contribution in [0.1, 0.15) is 52.9 Å². The number of carboxylic acid groups (broad SMARTS) is 2. The van der Waals surface area contributed by atoms with Gasteiger partial charge in [-0.3, -0.25) is 9.69 Å². The molecule has 1 saturated heterocycles. The Morgan fingerprint density at radius 3 is 2.29 bits per heavy atom. The van der Waals surface area contributed by atoms with Gasteiger partial charge in [-0.1, -0.05) is 0 Å². The van der Waals surface area contributed by atoms with Gasteiger partial charge >= 0.3 is 18.0 Å². The highest BCUT2D eigenvalue weighted by molar-refractivity contribution is 5.80. The van der Waals surface area contributed by atoms with Gasteiger partial charge in [-0.25, -0.2) is 9.59 Å². The molecule has 2 N–H and O–H groups in total. The molecule has 2 unspecified atom stereocenters. The van der Waals surface area contributed by atoms with Gasteiger partial charge in [0.1, 0.15) is 11.6 Å². The van der Waals surface area contributed by atoms with E-state index in [0.29, 0.717) is 19.3 Å². The Bertz CT molecular complexity index is 414. The van der Waals surface area contributed by atoms with Gasteiger partial charge in [-0.05, 0) is 46.5 Å². The van der Waals surface area contributed by atoms with Gasteiger partial charge in [-0.15, -0.1) is 0 Å². The molecule has 7 heteroatoms. The lowest BCUT2D eigenvalue weighted by Gasteiger charge is -2.38. The number of piperidine rings is 1. The molecular weight excluding hydrogens is 278 g/mol. The van der Waals surface area contributed by atoms with Crippen LogP contribution in [0.5, 0.6) is 0 Å². The van der Waals surface area contributed by atoms with Gasteiger partial charge < -0.3 is 14.9 Å². The maximum Gasteiger partial charge on any atom is 0.408 e. The van der Waals surface area contributed by atoms with Crippen molar-refractivity contribution in [1.29, 1.82) is 0 Å². The van der Waals surface area contributed by atoms with Crippen molar-refractivity contribution in [2.45, 2.75) is 70.6 Å². The molecular formula is C14H23NO6. The standard InChI is InChI=1S/C14H23NO6/c1-14(2,3)21-11(16)8-7-9-5-4-6-10(12(17)18)15(9)13(19)20/h9-10H,4-8H2,1-3H3,(H,17,18)(H,19,20). The maximum atomic E-state index is 11.7. The first-order valence-corrected chi connectivity index (χ1v) is 7.07. The quantitative estimate of drug-likeness (QED) is 0.770. The SMILES string of the molecule is CC(C)(C)OC(=O)CCC1CCCC(C(=O)O)N1C(=O)O. The molecule has 1 aliphatic heterocycles. The molecule has 2 atom stereocenters. The van der Waals surface area contributed by atoms with E-state index in [-0.39, 0.29) is 12.8 Å². The molecule has 1 rings (SSSR count). The maximum absolute atomic E-state index is 11.7. The van der Waals surface area contributed by atoms with E-state index in [1.807, 2.05) is 0 Å².